The molecular weight excluding hydrogens is 610 g/mol. The number of fused-ring (bicyclic) bond motifs is 1. The number of aliphatic imine (C=N–C) groups is 1. The van der Waals surface area contributed by atoms with Gasteiger partial charge in [0.05, 0.1) is 12.1 Å². The van der Waals surface area contributed by atoms with Crippen molar-refractivity contribution in [3.8, 4) is 0 Å². The number of nitrogens with one attached hydrogen (secondary N) is 1. The molecule has 2 atom stereocenters. The molecule has 0 radical (unpaired) electrons. The number of thioether (sulfide) groups is 1. The van der Waals surface area contributed by atoms with E-state index in [2.05, 4.69) is 10.3 Å². The van der Waals surface area contributed by atoms with E-state index in [9.17, 15) is 19.2 Å². The molecule has 46 heavy (non-hydrogen) atoms. The molecule has 2 aliphatic heterocycles. The van der Waals surface area contributed by atoms with E-state index >= 15 is 0 Å². The molecule has 3 aromatic rings. The summed E-state index contributed by atoms with van der Waals surface area (Å²) in [5.74, 6) is -2.34. The summed E-state index contributed by atoms with van der Waals surface area (Å²) in [7, 11) is 1.32. The van der Waals surface area contributed by atoms with Crippen LogP contribution >= 0.6 is 11.8 Å². The molecule has 3 aromatic carbocycles. The third-order valence-corrected chi connectivity index (χ3v) is 8.76. The maximum absolute atomic E-state index is 14.0. The van der Waals surface area contributed by atoms with Gasteiger partial charge in [-0.15, -0.1) is 11.8 Å². The second-order valence-electron chi connectivity index (χ2n) is 10.5. The highest BCUT2D eigenvalue weighted by Crippen LogP contribution is 2.47. The minimum absolute atomic E-state index is 0.0518. The maximum Gasteiger partial charge on any atom is 0.356 e. The highest BCUT2D eigenvalue weighted by molar-refractivity contribution is 8.00. The van der Waals surface area contributed by atoms with E-state index in [4.69, 9.17) is 25.7 Å². The molecule has 1 fully saturated rings. The minimum atomic E-state index is -1.74. The van der Waals surface area contributed by atoms with Gasteiger partial charge in [-0.3, -0.25) is 19.3 Å². The Morgan fingerprint density at radius 3 is 2.15 bits per heavy atom. The van der Waals surface area contributed by atoms with Crippen LogP contribution in [0.25, 0.3) is 0 Å². The zero-order chi connectivity index (χ0) is 32.8. The van der Waals surface area contributed by atoms with Gasteiger partial charge >= 0.3 is 11.9 Å². The molecule has 2 amide bonds. The number of nitrogens with two attached hydrogens (primary N) is 2. The van der Waals surface area contributed by atoms with Crippen molar-refractivity contribution in [2.75, 3.05) is 19.5 Å². The van der Waals surface area contributed by atoms with Crippen LogP contribution in [0.15, 0.2) is 101 Å². The van der Waals surface area contributed by atoms with Crippen molar-refractivity contribution in [2.45, 2.75) is 30.5 Å². The van der Waals surface area contributed by atoms with Gasteiger partial charge in [0, 0.05) is 25.4 Å². The molecule has 2 aliphatic rings. The van der Waals surface area contributed by atoms with Crippen LogP contribution in [0.2, 0.25) is 0 Å². The van der Waals surface area contributed by atoms with E-state index < -0.39 is 41.0 Å². The van der Waals surface area contributed by atoms with Gasteiger partial charge in [0.2, 0.25) is 5.91 Å². The van der Waals surface area contributed by atoms with Crippen molar-refractivity contribution in [2.24, 2.45) is 16.5 Å². The van der Waals surface area contributed by atoms with Crippen LogP contribution in [0.3, 0.4) is 0 Å². The van der Waals surface area contributed by atoms with E-state index in [0.717, 1.165) is 11.1 Å². The number of esters is 2. The van der Waals surface area contributed by atoms with Gasteiger partial charge in [0.1, 0.15) is 17.7 Å². The molecule has 238 valence electrons. The van der Waals surface area contributed by atoms with Crippen molar-refractivity contribution >= 4 is 47.2 Å². The van der Waals surface area contributed by atoms with Crippen molar-refractivity contribution in [1.82, 2.24) is 10.2 Å². The van der Waals surface area contributed by atoms with Crippen LogP contribution in [-0.2, 0) is 39.8 Å². The first-order valence-electron chi connectivity index (χ1n) is 14.3. The van der Waals surface area contributed by atoms with E-state index in [-0.39, 0.29) is 30.4 Å². The summed E-state index contributed by atoms with van der Waals surface area (Å²) in [6, 6.07) is 25.1. The smallest absolute Gasteiger partial charge is 0.356 e. The Balaban J connectivity index is 1.40. The van der Waals surface area contributed by atoms with Gasteiger partial charge in [-0.2, -0.15) is 0 Å². The summed E-state index contributed by atoms with van der Waals surface area (Å²) in [6.07, 6.45) is -0.845. The van der Waals surface area contributed by atoms with Crippen LogP contribution < -0.4 is 16.8 Å². The van der Waals surface area contributed by atoms with E-state index in [0.29, 0.717) is 16.8 Å². The zero-order valence-corrected chi connectivity index (χ0v) is 26.0. The SMILES string of the molecule is CO[C@@]1(NC(=O)Cc2ccc(N=C(N)N)cc2)C(=O)N2C(C(=O)OC(c3ccccc3)c3ccccc3)=C(COC(C)=O)CS[C@@H]21. The van der Waals surface area contributed by atoms with E-state index in [1.54, 1.807) is 24.3 Å². The van der Waals surface area contributed by atoms with Crippen molar-refractivity contribution in [1.29, 1.82) is 0 Å². The molecule has 0 bridgehead atoms. The molecule has 0 saturated carbocycles. The zero-order valence-electron chi connectivity index (χ0n) is 25.2. The first-order chi connectivity index (χ1) is 22.1. The Kier molecular flexibility index (Phi) is 9.73. The lowest BCUT2D eigenvalue weighted by atomic mass is 9.97. The van der Waals surface area contributed by atoms with Crippen LogP contribution in [0.5, 0.6) is 0 Å². The largest absolute Gasteiger partial charge is 0.461 e. The number of ether oxygens (including phenoxy) is 3. The van der Waals surface area contributed by atoms with Crippen LogP contribution in [-0.4, -0.2) is 65.2 Å². The third-order valence-electron chi connectivity index (χ3n) is 7.39. The molecular formula is C33H33N5O7S. The van der Waals surface area contributed by atoms with E-state index in [1.165, 1.54) is 30.7 Å². The predicted molar refractivity (Wildman–Crippen MR) is 171 cm³/mol. The lowest BCUT2D eigenvalue weighted by Crippen LogP contribution is -2.80. The molecule has 13 heteroatoms. The average Bonchev–Trinajstić information content (AvgIpc) is 3.05. The minimum Gasteiger partial charge on any atom is -0.461 e. The van der Waals surface area contributed by atoms with Gasteiger partial charge in [-0.25, -0.2) is 9.79 Å². The number of guanidine groups is 1. The summed E-state index contributed by atoms with van der Waals surface area (Å²) >= 11 is 1.27. The molecule has 0 aliphatic carbocycles. The fourth-order valence-electron chi connectivity index (χ4n) is 5.25. The summed E-state index contributed by atoms with van der Waals surface area (Å²) in [4.78, 5) is 58.0. The van der Waals surface area contributed by atoms with Gasteiger partial charge in [-0.05, 0) is 28.8 Å². The summed E-state index contributed by atoms with van der Waals surface area (Å²) in [5.41, 5.74) is 12.1. The Labute approximate surface area is 269 Å². The highest BCUT2D eigenvalue weighted by atomic mass is 32.2. The first-order valence-corrected chi connectivity index (χ1v) is 15.3. The number of hydrogen-bond acceptors (Lipinski definition) is 9. The number of carbonyl (C=O) groups excluding carboxylic acids is 4. The quantitative estimate of drug-likeness (QED) is 0.0926. The van der Waals surface area contributed by atoms with Crippen molar-refractivity contribution in [3.63, 3.8) is 0 Å². The van der Waals surface area contributed by atoms with Gasteiger partial charge in [-0.1, -0.05) is 72.8 Å². The number of β-lactam (4-membered cyclic amide) rings is 1. The monoisotopic (exact) mass is 643 g/mol. The van der Waals surface area contributed by atoms with Crippen molar-refractivity contribution in [3.05, 3.63) is 113 Å². The second-order valence-corrected chi connectivity index (χ2v) is 11.6. The molecule has 1 saturated heterocycles. The lowest BCUT2D eigenvalue weighted by Gasteiger charge is -2.56. The van der Waals surface area contributed by atoms with Crippen LogP contribution in [0.1, 0.15) is 29.7 Å². The average molecular weight is 644 g/mol. The van der Waals surface area contributed by atoms with Crippen molar-refractivity contribution < 1.29 is 33.4 Å². The second kappa shape index (κ2) is 13.9. The predicted octanol–water partition coefficient (Wildman–Crippen LogP) is 2.66. The normalized spacial score (nSPS) is 18.7. The van der Waals surface area contributed by atoms with Gasteiger partial charge in [0.25, 0.3) is 11.6 Å². The fraction of sp³-hybridized carbons (Fsp3) is 0.242. The van der Waals surface area contributed by atoms with E-state index in [1.807, 2.05) is 60.7 Å². The summed E-state index contributed by atoms with van der Waals surface area (Å²) in [6.45, 7) is 1.04. The lowest BCUT2D eigenvalue weighted by molar-refractivity contribution is -0.193. The Bertz CT molecular complexity index is 1640. The number of nitrogens with zero attached hydrogens (tertiary/aromatic N) is 2. The fourth-order valence-corrected chi connectivity index (χ4v) is 6.67. The molecule has 12 nitrogen and oxygen atoms in total. The molecule has 0 aromatic heterocycles. The van der Waals surface area contributed by atoms with Crippen LogP contribution in [0, 0.1) is 0 Å². The molecule has 0 unspecified atom stereocenters. The Hall–Kier alpha value is -5.14. The Morgan fingerprint density at radius 2 is 1.61 bits per heavy atom. The number of hydrogen-bond donors (Lipinski definition) is 3. The first kappa shape index (κ1) is 32.3. The highest BCUT2D eigenvalue weighted by Gasteiger charge is 2.66. The van der Waals surface area contributed by atoms with Gasteiger partial charge in [0.15, 0.2) is 12.1 Å². The number of methoxy groups -OCH3 is 1. The standard InChI is InChI=1S/C33H33N5O7S/c1-20(39)44-18-24-19-46-31-33(43-2,37-26(40)17-21-13-15-25(16-14-21)36-32(34)35)30(42)38(31)27(24)29(41)45-28(22-9-5-3-6-10-22)23-11-7-4-8-12-23/h3-16,28,31H,17-19H2,1-2H3,(H,37,40)(H4,34,35,36)/t31-,33+/m1/s1. The van der Waals surface area contributed by atoms with Crippen LogP contribution in [0.4, 0.5) is 5.69 Å². The number of carbonyl (C=O) groups is 4. The molecule has 5 N–H and O–H groups in total. The topological polar surface area (TPSA) is 176 Å². The summed E-state index contributed by atoms with van der Waals surface area (Å²) in [5, 5.41) is 1.94. The van der Waals surface area contributed by atoms with Gasteiger partial charge < -0.3 is 31.0 Å². The number of benzene rings is 3. The summed E-state index contributed by atoms with van der Waals surface area (Å²) < 4.78 is 17.0. The molecule has 2 heterocycles. The molecule has 0 spiro atoms. The third kappa shape index (κ3) is 6.75. The Morgan fingerprint density at radius 1 is 1.00 bits per heavy atom. The number of rotatable bonds is 11. The molecule has 5 rings (SSSR count). The maximum atomic E-state index is 14.0. The number of amides is 2.